The standard InChI is InChI=1S/C18H22N4O/c1-4-8-15(9-5-2)17(23)12-13-18(19)22(21-20)16-11-7-6-10-14(16)3/h4-8,10-11,19-20H,1-2,9,12-13H2,3H3/b15-8+,19-18?,21-20?. The number of benzene rings is 1. The Balaban J connectivity index is 2.78. The highest BCUT2D eigenvalue weighted by atomic mass is 16.1. The molecule has 0 saturated carbocycles. The second-order valence-electron chi connectivity index (χ2n) is 4.99. The smallest absolute Gasteiger partial charge is 0.159 e. The molecule has 0 aromatic heterocycles. The molecule has 0 saturated heterocycles. The van der Waals surface area contributed by atoms with Crippen LogP contribution >= 0.6 is 0 Å². The number of hydrogen-bond acceptors (Lipinski definition) is 4. The van der Waals surface area contributed by atoms with Crippen LogP contribution in [0.2, 0.25) is 0 Å². The van der Waals surface area contributed by atoms with E-state index in [1.165, 1.54) is 5.01 Å². The lowest BCUT2D eigenvalue weighted by molar-refractivity contribution is -0.115. The summed E-state index contributed by atoms with van der Waals surface area (Å²) in [4.78, 5) is 12.2. The number of nitrogens with zero attached hydrogens (tertiary/aromatic N) is 2. The zero-order valence-electron chi connectivity index (χ0n) is 13.4. The normalized spacial score (nSPS) is 10.7. The third kappa shape index (κ3) is 5.14. The summed E-state index contributed by atoms with van der Waals surface area (Å²) in [5, 5.41) is 12.8. The molecule has 0 unspecified atom stereocenters. The van der Waals surface area contributed by atoms with Gasteiger partial charge < -0.3 is 0 Å². The van der Waals surface area contributed by atoms with Crippen molar-refractivity contribution in [2.75, 3.05) is 5.01 Å². The minimum Gasteiger partial charge on any atom is -0.295 e. The molecule has 0 atom stereocenters. The van der Waals surface area contributed by atoms with Gasteiger partial charge in [-0.2, -0.15) is 5.53 Å². The molecule has 0 bridgehead atoms. The molecule has 2 N–H and O–H groups in total. The Morgan fingerprint density at radius 1 is 1.30 bits per heavy atom. The predicted molar refractivity (Wildman–Crippen MR) is 93.9 cm³/mol. The van der Waals surface area contributed by atoms with Crippen molar-refractivity contribution in [2.45, 2.75) is 26.2 Å². The van der Waals surface area contributed by atoms with Crippen molar-refractivity contribution in [2.24, 2.45) is 5.22 Å². The van der Waals surface area contributed by atoms with Gasteiger partial charge in [0, 0.05) is 12.8 Å². The maximum atomic E-state index is 12.2. The zero-order valence-corrected chi connectivity index (χ0v) is 13.4. The highest BCUT2D eigenvalue weighted by Crippen LogP contribution is 2.21. The molecule has 0 fully saturated rings. The van der Waals surface area contributed by atoms with E-state index in [1.54, 1.807) is 24.3 Å². The number of rotatable bonds is 9. The van der Waals surface area contributed by atoms with Crippen LogP contribution in [0.25, 0.3) is 0 Å². The molecule has 0 aliphatic carbocycles. The predicted octanol–water partition coefficient (Wildman–Crippen LogP) is 4.76. The van der Waals surface area contributed by atoms with Gasteiger partial charge in [0.2, 0.25) is 0 Å². The van der Waals surface area contributed by atoms with Gasteiger partial charge in [0.1, 0.15) is 5.84 Å². The molecular formula is C18H22N4O. The average molecular weight is 310 g/mol. The maximum absolute atomic E-state index is 12.2. The molecule has 0 radical (unpaired) electrons. The van der Waals surface area contributed by atoms with Crippen molar-refractivity contribution in [1.29, 1.82) is 10.9 Å². The molecule has 5 heteroatoms. The summed E-state index contributed by atoms with van der Waals surface area (Å²) >= 11 is 0. The topological polar surface area (TPSA) is 80.4 Å². The first-order valence-corrected chi connectivity index (χ1v) is 7.31. The number of anilines is 1. The van der Waals surface area contributed by atoms with Gasteiger partial charge >= 0.3 is 0 Å². The Labute approximate surface area is 137 Å². The Bertz CT molecular complexity index is 646. The molecule has 0 amide bonds. The number of ketones is 1. The van der Waals surface area contributed by atoms with E-state index in [4.69, 9.17) is 10.9 Å². The fourth-order valence-electron chi connectivity index (χ4n) is 2.13. The van der Waals surface area contributed by atoms with Gasteiger partial charge in [-0.25, -0.2) is 5.01 Å². The fourth-order valence-corrected chi connectivity index (χ4v) is 2.13. The van der Waals surface area contributed by atoms with Crippen molar-refractivity contribution in [3.05, 3.63) is 66.8 Å². The van der Waals surface area contributed by atoms with Crippen molar-refractivity contribution >= 4 is 17.3 Å². The van der Waals surface area contributed by atoms with Crippen LogP contribution in [0.4, 0.5) is 5.69 Å². The third-order valence-electron chi connectivity index (χ3n) is 3.33. The molecule has 1 aromatic carbocycles. The highest BCUT2D eigenvalue weighted by Gasteiger charge is 2.16. The van der Waals surface area contributed by atoms with Crippen molar-refractivity contribution in [3.63, 3.8) is 0 Å². The van der Waals surface area contributed by atoms with Crippen LogP contribution < -0.4 is 5.01 Å². The van der Waals surface area contributed by atoms with Gasteiger partial charge in [-0.15, -0.1) is 6.58 Å². The van der Waals surface area contributed by atoms with E-state index in [9.17, 15) is 4.79 Å². The van der Waals surface area contributed by atoms with Crippen LogP contribution in [0, 0.1) is 17.9 Å². The average Bonchev–Trinajstić information content (AvgIpc) is 2.54. The minimum atomic E-state index is -0.0516. The zero-order chi connectivity index (χ0) is 17.2. The van der Waals surface area contributed by atoms with Crippen LogP contribution in [-0.4, -0.2) is 11.6 Å². The maximum Gasteiger partial charge on any atom is 0.159 e. The summed E-state index contributed by atoms with van der Waals surface area (Å²) in [5.41, 5.74) is 9.52. The Morgan fingerprint density at radius 2 is 2.00 bits per heavy atom. The van der Waals surface area contributed by atoms with Gasteiger partial charge in [0.25, 0.3) is 0 Å². The second-order valence-corrected chi connectivity index (χ2v) is 4.99. The first-order valence-electron chi connectivity index (χ1n) is 7.31. The van der Waals surface area contributed by atoms with E-state index in [-0.39, 0.29) is 24.5 Å². The monoisotopic (exact) mass is 310 g/mol. The summed E-state index contributed by atoms with van der Waals surface area (Å²) in [7, 11) is 0. The summed E-state index contributed by atoms with van der Waals surface area (Å²) in [6.07, 6.45) is 5.77. The summed E-state index contributed by atoms with van der Waals surface area (Å²) < 4.78 is 0. The lowest BCUT2D eigenvalue weighted by Gasteiger charge is -2.19. The molecule has 23 heavy (non-hydrogen) atoms. The number of Topliss-reactive ketones (excluding diaryl/α,β-unsaturated/α-hetero) is 1. The Hall–Kier alpha value is -2.82. The number of hydrogen-bond donors (Lipinski definition) is 2. The van der Waals surface area contributed by atoms with Gasteiger partial charge in [0.05, 0.1) is 5.69 Å². The number of para-hydroxylation sites is 1. The quantitative estimate of drug-likeness (QED) is 0.131. The fraction of sp³-hybridized carbons (Fsp3) is 0.222. The minimum absolute atomic E-state index is 0.0516. The van der Waals surface area contributed by atoms with Crippen LogP contribution in [0.1, 0.15) is 24.8 Å². The summed E-state index contributed by atoms with van der Waals surface area (Å²) in [5.74, 6) is 0.0588. The lowest BCUT2D eigenvalue weighted by Crippen LogP contribution is -2.25. The van der Waals surface area contributed by atoms with Gasteiger partial charge in [-0.3, -0.25) is 10.2 Å². The third-order valence-corrected chi connectivity index (χ3v) is 3.33. The molecule has 0 spiro atoms. The van der Waals surface area contributed by atoms with Crippen LogP contribution in [0.3, 0.4) is 0 Å². The number of aryl methyl sites for hydroxylation is 1. The number of nitrogens with one attached hydrogen (secondary N) is 2. The van der Waals surface area contributed by atoms with Crippen molar-refractivity contribution in [1.82, 2.24) is 0 Å². The van der Waals surface area contributed by atoms with E-state index >= 15 is 0 Å². The van der Waals surface area contributed by atoms with E-state index in [0.29, 0.717) is 17.7 Å². The summed E-state index contributed by atoms with van der Waals surface area (Å²) in [6.45, 7) is 9.12. The van der Waals surface area contributed by atoms with Gasteiger partial charge in [-0.1, -0.05) is 48.2 Å². The molecular weight excluding hydrogens is 288 g/mol. The van der Waals surface area contributed by atoms with E-state index in [0.717, 1.165) is 5.56 Å². The van der Waals surface area contributed by atoms with Crippen molar-refractivity contribution < 1.29 is 4.79 Å². The van der Waals surface area contributed by atoms with E-state index < -0.39 is 0 Å². The van der Waals surface area contributed by atoms with Crippen LogP contribution in [-0.2, 0) is 4.79 Å². The van der Waals surface area contributed by atoms with Crippen molar-refractivity contribution in [3.8, 4) is 0 Å². The lowest BCUT2D eigenvalue weighted by atomic mass is 10.0. The molecule has 120 valence electrons. The van der Waals surface area contributed by atoms with Crippen LogP contribution in [0.15, 0.2) is 66.4 Å². The summed E-state index contributed by atoms with van der Waals surface area (Å²) in [6, 6.07) is 7.40. The first-order chi connectivity index (χ1) is 11.0. The molecule has 1 rings (SSSR count). The highest BCUT2D eigenvalue weighted by molar-refractivity contribution is 6.01. The Kier molecular flexibility index (Phi) is 7.33. The SMILES string of the molecule is C=C/C=C(\CC=C)C(=O)CCC(=N)N(N=N)c1ccccc1C. The molecule has 0 aliphatic rings. The number of amidine groups is 1. The first kappa shape index (κ1) is 18.2. The number of carbonyl (C=O) groups excluding carboxylic acids is 1. The molecule has 0 heterocycles. The number of carbonyl (C=O) groups is 1. The largest absolute Gasteiger partial charge is 0.295 e. The van der Waals surface area contributed by atoms with Gasteiger partial charge in [0.15, 0.2) is 5.78 Å². The Morgan fingerprint density at radius 3 is 2.57 bits per heavy atom. The second kappa shape index (κ2) is 9.25. The van der Waals surface area contributed by atoms with Crippen LogP contribution in [0.5, 0.6) is 0 Å². The van der Waals surface area contributed by atoms with E-state index in [2.05, 4.69) is 18.4 Å². The number of allylic oxidation sites excluding steroid dienone is 4. The molecule has 1 aromatic rings. The van der Waals surface area contributed by atoms with Gasteiger partial charge in [-0.05, 0) is 30.5 Å². The molecule has 0 aliphatic heterocycles. The molecule has 5 nitrogen and oxygen atoms in total. The van der Waals surface area contributed by atoms with E-state index in [1.807, 2.05) is 25.1 Å².